The summed E-state index contributed by atoms with van der Waals surface area (Å²) in [5, 5.41) is 6.07. The van der Waals surface area contributed by atoms with Gasteiger partial charge in [0, 0.05) is 12.6 Å². The molecule has 1 atom stereocenters. The lowest BCUT2D eigenvalue weighted by Crippen LogP contribution is -2.54. The van der Waals surface area contributed by atoms with E-state index in [1.54, 1.807) is 0 Å². The molecule has 1 rings (SSSR count). The first-order valence-corrected chi connectivity index (χ1v) is 6.18. The number of nitrogens with one attached hydrogen (secondary N) is 2. The second-order valence-corrected chi connectivity index (χ2v) is 5.26. The average Bonchev–Trinajstić information content (AvgIpc) is 2.70. The van der Waals surface area contributed by atoms with E-state index in [-0.39, 0.29) is 11.9 Å². The van der Waals surface area contributed by atoms with Crippen molar-refractivity contribution in [1.82, 2.24) is 15.5 Å². The molecule has 4 nitrogen and oxygen atoms in total. The number of amides is 1. The van der Waals surface area contributed by atoms with Crippen LogP contribution < -0.4 is 10.6 Å². The van der Waals surface area contributed by atoms with Gasteiger partial charge in [-0.3, -0.25) is 4.79 Å². The highest BCUT2D eigenvalue weighted by atomic mass is 16.2. The summed E-state index contributed by atoms with van der Waals surface area (Å²) < 4.78 is 0. The van der Waals surface area contributed by atoms with Crippen LogP contribution in [0.5, 0.6) is 0 Å². The summed E-state index contributed by atoms with van der Waals surface area (Å²) in [6, 6.07) is 0.221. The lowest BCUT2D eigenvalue weighted by Gasteiger charge is -2.27. The van der Waals surface area contributed by atoms with Crippen molar-refractivity contribution in [2.45, 2.75) is 45.2 Å². The normalized spacial score (nSPS) is 19.8. The van der Waals surface area contributed by atoms with Crippen LogP contribution in [0.1, 0.15) is 33.6 Å². The number of hydrogen-bond acceptors (Lipinski definition) is 3. The van der Waals surface area contributed by atoms with Gasteiger partial charge < -0.3 is 15.5 Å². The average molecular weight is 227 g/mol. The van der Waals surface area contributed by atoms with E-state index < -0.39 is 5.54 Å². The molecule has 0 bridgehead atoms. The molecule has 1 unspecified atom stereocenters. The van der Waals surface area contributed by atoms with Crippen LogP contribution >= 0.6 is 0 Å². The van der Waals surface area contributed by atoms with Crippen LogP contribution in [0.4, 0.5) is 0 Å². The zero-order valence-corrected chi connectivity index (χ0v) is 11.0. The Kier molecular flexibility index (Phi) is 4.74. The predicted molar refractivity (Wildman–Crippen MR) is 66.4 cm³/mol. The maximum Gasteiger partial charge on any atom is 0.239 e. The van der Waals surface area contributed by atoms with E-state index in [0.717, 1.165) is 6.54 Å². The van der Waals surface area contributed by atoms with E-state index in [2.05, 4.69) is 22.5 Å². The van der Waals surface area contributed by atoms with Crippen LogP contribution in [-0.2, 0) is 4.79 Å². The van der Waals surface area contributed by atoms with E-state index in [1.807, 2.05) is 20.9 Å². The van der Waals surface area contributed by atoms with Crippen LogP contribution in [0, 0.1) is 0 Å². The van der Waals surface area contributed by atoms with E-state index in [9.17, 15) is 4.79 Å². The largest absolute Gasteiger partial charge is 0.351 e. The Bertz CT molecular complexity index is 234. The third-order valence-electron chi connectivity index (χ3n) is 3.30. The lowest BCUT2D eigenvalue weighted by atomic mass is 10.0. The van der Waals surface area contributed by atoms with Crippen molar-refractivity contribution in [3.63, 3.8) is 0 Å². The van der Waals surface area contributed by atoms with E-state index in [1.165, 1.54) is 25.9 Å². The molecule has 1 fully saturated rings. The monoisotopic (exact) mass is 227 g/mol. The Morgan fingerprint density at radius 3 is 2.44 bits per heavy atom. The van der Waals surface area contributed by atoms with Gasteiger partial charge in [-0.1, -0.05) is 0 Å². The second kappa shape index (κ2) is 5.64. The Hall–Kier alpha value is -0.610. The fraction of sp³-hybridized carbons (Fsp3) is 0.917. The summed E-state index contributed by atoms with van der Waals surface area (Å²) in [5.74, 6) is 0.0710. The zero-order valence-electron chi connectivity index (χ0n) is 11.0. The van der Waals surface area contributed by atoms with Gasteiger partial charge in [-0.15, -0.1) is 0 Å². The number of carbonyl (C=O) groups is 1. The summed E-state index contributed by atoms with van der Waals surface area (Å²) in [4.78, 5) is 14.3. The van der Waals surface area contributed by atoms with Crippen molar-refractivity contribution in [3.05, 3.63) is 0 Å². The molecule has 4 heteroatoms. The van der Waals surface area contributed by atoms with Crippen LogP contribution in [-0.4, -0.2) is 49.1 Å². The van der Waals surface area contributed by atoms with Crippen LogP contribution in [0.3, 0.4) is 0 Å². The molecule has 0 aliphatic carbocycles. The third-order valence-corrected chi connectivity index (χ3v) is 3.30. The highest BCUT2D eigenvalue weighted by molar-refractivity contribution is 5.85. The number of carbonyl (C=O) groups excluding carboxylic acids is 1. The molecular weight excluding hydrogens is 202 g/mol. The molecule has 1 aliphatic rings. The number of hydrogen-bond donors (Lipinski definition) is 2. The smallest absolute Gasteiger partial charge is 0.239 e. The molecule has 1 heterocycles. The summed E-state index contributed by atoms with van der Waals surface area (Å²) in [5.41, 5.74) is -0.487. The third kappa shape index (κ3) is 3.76. The van der Waals surface area contributed by atoms with Crippen molar-refractivity contribution in [2.24, 2.45) is 0 Å². The molecule has 0 radical (unpaired) electrons. The first-order chi connectivity index (χ1) is 7.45. The Balaban J connectivity index is 2.32. The maximum absolute atomic E-state index is 11.9. The van der Waals surface area contributed by atoms with Gasteiger partial charge in [0.2, 0.25) is 5.91 Å². The van der Waals surface area contributed by atoms with Crippen molar-refractivity contribution < 1.29 is 4.79 Å². The molecule has 2 N–H and O–H groups in total. The zero-order chi connectivity index (χ0) is 12.2. The van der Waals surface area contributed by atoms with E-state index in [0.29, 0.717) is 0 Å². The van der Waals surface area contributed by atoms with Gasteiger partial charge in [-0.05, 0) is 53.8 Å². The Morgan fingerprint density at radius 2 is 1.94 bits per heavy atom. The molecule has 1 saturated heterocycles. The molecule has 1 amide bonds. The van der Waals surface area contributed by atoms with Gasteiger partial charge in [0.25, 0.3) is 0 Å². The van der Waals surface area contributed by atoms with Crippen LogP contribution in [0.2, 0.25) is 0 Å². The number of nitrogens with zero attached hydrogens (tertiary/aromatic N) is 1. The van der Waals surface area contributed by atoms with Crippen molar-refractivity contribution >= 4 is 5.91 Å². The summed E-state index contributed by atoms with van der Waals surface area (Å²) in [6.07, 6.45) is 2.59. The Morgan fingerprint density at radius 1 is 1.38 bits per heavy atom. The first-order valence-electron chi connectivity index (χ1n) is 6.18. The number of likely N-dealkylation sites (N-methyl/N-ethyl adjacent to an activating group) is 1. The minimum Gasteiger partial charge on any atom is -0.351 e. The fourth-order valence-electron chi connectivity index (χ4n) is 1.92. The van der Waals surface area contributed by atoms with Gasteiger partial charge in [0.15, 0.2) is 0 Å². The topological polar surface area (TPSA) is 44.4 Å². The minimum atomic E-state index is -0.487. The molecule has 16 heavy (non-hydrogen) atoms. The maximum atomic E-state index is 11.9. The summed E-state index contributed by atoms with van der Waals surface area (Å²) in [7, 11) is 1.81. The molecule has 0 spiro atoms. The van der Waals surface area contributed by atoms with Gasteiger partial charge in [0.1, 0.15) is 0 Å². The quantitative estimate of drug-likeness (QED) is 0.722. The first kappa shape index (κ1) is 13.5. The van der Waals surface area contributed by atoms with Crippen molar-refractivity contribution in [3.8, 4) is 0 Å². The molecular formula is C12H25N3O. The van der Waals surface area contributed by atoms with Gasteiger partial charge >= 0.3 is 0 Å². The standard InChI is InChI=1S/C12H25N3O/c1-10(9-15-7-5-6-8-15)14-11(16)12(2,3)13-4/h10,13H,5-9H2,1-4H3,(H,14,16). The van der Waals surface area contributed by atoms with Gasteiger partial charge in [0.05, 0.1) is 5.54 Å². The van der Waals surface area contributed by atoms with Crippen LogP contribution in [0.15, 0.2) is 0 Å². The predicted octanol–water partition coefficient (Wildman–Crippen LogP) is 0.585. The van der Waals surface area contributed by atoms with Gasteiger partial charge in [-0.25, -0.2) is 0 Å². The Labute approximate surface area is 98.8 Å². The molecule has 1 aliphatic heterocycles. The van der Waals surface area contributed by atoms with Crippen LogP contribution in [0.25, 0.3) is 0 Å². The molecule has 0 aromatic carbocycles. The summed E-state index contributed by atoms with van der Waals surface area (Å²) >= 11 is 0. The second-order valence-electron chi connectivity index (χ2n) is 5.26. The SMILES string of the molecule is CNC(C)(C)C(=O)NC(C)CN1CCCC1. The molecule has 0 aromatic rings. The van der Waals surface area contributed by atoms with Gasteiger partial charge in [-0.2, -0.15) is 0 Å². The molecule has 0 saturated carbocycles. The number of likely N-dealkylation sites (tertiary alicyclic amines) is 1. The minimum absolute atomic E-state index is 0.0710. The number of rotatable bonds is 5. The van der Waals surface area contributed by atoms with Crippen molar-refractivity contribution in [1.29, 1.82) is 0 Å². The van der Waals surface area contributed by atoms with Crippen molar-refractivity contribution in [2.75, 3.05) is 26.7 Å². The summed E-state index contributed by atoms with van der Waals surface area (Å²) in [6.45, 7) is 9.18. The highest BCUT2D eigenvalue weighted by Crippen LogP contribution is 2.08. The lowest BCUT2D eigenvalue weighted by molar-refractivity contribution is -0.127. The molecule has 0 aromatic heterocycles. The van der Waals surface area contributed by atoms with E-state index >= 15 is 0 Å². The van der Waals surface area contributed by atoms with E-state index in [4.69, 9.17) is 0 Å². The highest BCUT2D eigenvalue weighted by Gasteiger charge is 2.26. The fourth-order valence-corrected chi connectivity index (χ4v) is 1.92. The molecule has 94 valence electrons.